The molecule has 1 atom stereocenters. The minimum absolute atomic E-state index is 0.220. The van der Waals surface area contributed by atoms with Crippen LogP contribution in [0.4, 0.5) is 5.95 Å². The molecular weight excluding hydrogens is 266 g/mol. The molecule has 0 bridgehead atoms. The Hall–Kier alpha value is -1.92. The summed E-state index contributed by atoms with van der Waals surface area (Å²) in [5, 5.41) is 7.39. The topological polar surface area (TPSA) is 80.1 Å². The van der Waals surface area contributed by atoms with Crippen LogP contribution in [0, 0.1) is 0 Å². The Morgan fingerprint density at radius 1 is 1.29 bits per heavy atom. The summed E-state index contributed by atoms with van der Waals surface area (Å²) in [4.78, 5) is 6.78. The molecule has 0 radical (unpaired) electrons. The number of piperidine rings is 1. The number of ether oxygens (including phenoxy) is 1. The van der Waals surface area contributed by atoms with Gasteiger partial charge in [0, 0.05) is 24.7 Å². The molecule has 4 rings (SSSR count). The minimum atomic E-state index is 0.220. The van der Waals surface area contributed by atoms with Gasteiger partial charge in [0.15, 0.2) is 5.82 Å². The minimum Gasteiger partial charge on any atom is -0.372 e. The number of fused-ring (bicyclic) bond motifs is 1. The number of benzene rings is 1. The Bertz CT molecular complexity index is 653. The molecule has 0 aliphatic carbocycles. The maximum absolute atomic E-state index is 6.02. The molecule has 3 N–H and O–H groups in total. The molecule has 110 valence electrons. The lowest BCUT2D eigenvalue weighted by atomic mass is 10.1. The third kappa shape index (κ3) is 2.41. The van der Waals surface area contributed by atoms with Gasteiger partial charge in [0.05, 0.1) is 13.2 Å². The highest BCUT2D eigenvalue weighted by Gasteiger charge is 2.21. The molecule has 0 spiro atoms. The molecule has 2 aliphatic rings. The number of anilines is 1. The van der Waals surface area contributed by atoms with Crippen LogP contribution in [-0.2, 0) is 18.0 Å². The SMILES string of the molecule is NC1CCCN(c2n[nH]c(-c3ccc4c(c3)COC4)n2)C1. The van der Waals surface area contributed by atoms with Crippen LogP contribution in [0.3, 0.4) is 0 Å². The summed E-state index contributed by atoms with van der Waals surface area (Å²) in [6.07, 6.45) is 2.18. The zero-order chi connectivity index (χ0) is 14.2. The molecule has 3 heterocycles. The molecule has 1 aromatic carbocycles. The van der Waals surface area contributed by atoms with E-state index in [0.717, 1.165) is 43.3 Å². The average Bonchev–Trinajstić information content (AvgIpc) is 3.15. The van der Waals surface area contributed by atoms with E-state index in [1.54, 1.807) is 0 Å². The molecule has 0 amide bonds. The highest BCUT2D eigenvalue weighted by atomic mass is 16.5. The largest absolute Gasteiger partial charge is 0.372 e. The number of aromatic amines is 1. The van der Waals surface area contributed by atoms with Crippen LogP contribution in [0.5, 0.6) is 0 Å². The van der Waals surface area contributed by atoms with Gasteiger partial charge in [-0.3, -0.25) is 5.10 Å². The summed E-state index contributed by atoms with van der Waals surface area (Å²) in [7, 11) is 0. The van der Waals surface area contributed by atoms with Crippen molar-refractivity contribution in [2.75, 3.05) is 18.0 Å². The van der Waals surface area contributed by atoms with Gasteiger partial charge < -0.3 is 15.4 Å². The van der Waals surface area contributed by atoms with Gasteiger partial charge in [-0.1, -0.05) is 12.1 Å². The van der Waals surface area contributed by atoms with Crippen molar-refractivity contribution >= 4 is 5.95 Å². The maximum atomic E-state index is 6.02. The maximum Gasteiger partial charge on any atom is 0.245 e. The Labute approximate surface area is 123 Å². The van der Waals surface area contributed by atoms with Gasteiger partial charge in [-0.15, -0.1) is 5.10 Å². The van der Waals surface area contributed by atoms with Crippen molar-refractivity contribution in [3.05, 3.63) is 29.3 Å². The molecule has 6 nitrogen and oxygen atoms in total. The van der Waals surface area contributed by atoms with Gasteiger partial charge in [0.2, 0.25) is 5.95 Å². The molecule has 6 heteroatoms. The number of H-pyrrole nitrogens is 1. The van der Waals surface area contributed by atoms with Crippen LogP contribution >= 0.6 is 0 Å². The summed E-state index contributed by atoms with van der Waals surface area (Å²) in [5.41, 5.74) is 9.58. The zero-order valence-corrected chi connectivity index (χ0v) is 11.9. The summed E-state index contributed by atoms with van der Waals surface area (Å²) in [6.45, 7) is 3.20. The van der Waals surface area contributed by atoms with Crippen LogP contribution < -0.4 is 10.6 Å². The second kappa shape index (κ2) is 5.13. The fourth-order valence-corrected chi connectivity index (χ4v) is 3.03. The molecule has 21 heavy (non-hydrogen) atoms. The Morgan fingerprint density at radius 2 is 2.19 bits per heavy atom. The van der Waals surface area contributed by atoms with Crippen molar-refractivity contribution in [2.24, 2.45) is 5.73 Å². The Balaban J connectivity index is 1.59. The number of nitrogens with two attached hydrogens (primary N) is 1. The van der Waals surface area contributed by atoms with E-state index in [0.29, 0.717) is 13.2 Å². The van der Waals surface area contributed by atoms with Crippen LogP contribution in [0.25, 0.3) is 11.4 Å². The lowest BCUT2D eigenvalue weighted by molar-refractivity contribution is 0.134. The smallest absolute Gasteiger partial charge is 0.245 e. The van der Waals surface area contributed by atoms with E-state index in [1.165, 1.54) is 11.1 Å². The van der Waals surface area contributed by atoms with Crippen molar-refractivity contribution in [1.29, 1.82) is 0 Å². The predicted molar refractivity (Wildman–Crippen MR) is 79.7 cm³/mol. The summed E-state index contributed by atoms with van der Waals surface area (Å²) < 4.78 is 5.45. The van der Waals surface area contributed by atoms with E-state index >= 15 is 0 Å². The van der Waals surface area contributed by atoms with E-state index < -0.39 is 0 Å². The third-order valence-electron chi connectivity index (χ3n) is 4.21. The van der Waals surface area contributed by atoms with Crippen molar-refractivity contribution in [1.82, 2.24) is 15.2 Å². The first kappa shape index (κ1) is 12.8. The first-order valence-corrected chi connectivity index (χ1v) is 7.42. The number of nitrogens with one attached hydrogen (secondary N) is 1. The van der Waals surface area contributed by atoms with Crippen molar-refractivity contribution in [3.63, 3.8) is 0 Å². The van der Waals surface area contributed by atoms with Gasteiger partial charge in [-0.2, -0.15) is 4.98 Å². The predicted octanol–water partition coefficient (Wildman–Crippen LogP) is 1.43. The van der Waals surface area contributed by atoms with Crippen molar-refractivity contribution < 1.29 is 4.74 Å². The van der Waals surface area contributed by atoms with E-state index in [4.69, 9.17) is 10.5 Å². The molecule has 1 aromatic heterocycles. The highest BCUT2D eigenvalue weighted by Crippen LogP contribution is 2.26. The Morgan fingerprint density at radius 3 is 3.10 bits per heavy atom. The van der Waals surface area contributed by atoms with Gasteiger partial charge in [0.25, 0.3) is 0 Å². The lowest BCUT2D eigenvalue weighted by Gasteiger charge is -2.29. The average molecular weight is 285 g/mol. The normalized spacial score (nSPS) is 21.6. The fourth-order valence-electron chi connectivity index (χ4n) is 3.03. The molecule has 1 saturated heterocycles. The van der Waals surface area contributed by atoms with E-state index in [1.807, 2.05) is 0 Å². The standard InChI is InChI=1S/C15H19N5O/c16-13-2-1-5-20(7-13)15-17-14(18-19-15)10-3-4-11-8-21-9-12(11)6-10/h3-4,6,13H,1-2,5,7-9,16H2,(H,17,18,19). The molecule has 1 unspecified atom stereocenters. The molecule has 1 fully saturated rings. The van der Waals surface area contributed by atoms with E-state index in [2.05, 4.69) is 38.3 Å². The second-order valence-corrected chi connectivity index (χ2v) is 5.81. The van der Waals surface area contributed by atoms with Gasteiger partial charge in [-0.05, 0) is 30.0 Å². The summed E-state index contributed by atoms with van der Waals surface area (Å²) >= 11 is 0. The Kier molecular flexibility index (Phi) is 3.12. The first-order valence-electron chi connectivity index (χ1n) is 7.42. The summed E-state index contributed by atoms with van der Waals surface area (Å²) in [5.74, 6) is 1.55. The van der Waals surface area contributed by atoms with E-state index in [9.17, 15) is 0 Å². The van der Waals surface area contributed by atoms with Crippen LogP contribution in [0.15, 0.2) is 18.2 Å². The number of rotatable bonds is 2. The quantitative estimate of drug-likeness (QED) is 0.872. The number of hydrogen-bond acceptors (Lipinski definition) is 5. The van der Waals surface area contributed by atoms with Crippen molar-refractivity contribution in [3.8, 4) is 11.4 Å². The van der Waals surface area contributed by atoms with Crippen molar-refractivity contribution in [2.45, 2.75) is 32.1 Å². The molecule has 2 aromatic rings. The van der Waals surface area contributed by atoms with E-state index in [-0.39, 0.29) is 6.04 Å². The van der Waals surface area contributed by atoms with Gasteiger partial charge >= 0.3 is 0 Å². The summed E-state index contributed by atoms with van der Waals surface area (Å²) in [6, 6.07) is 6.53. The number of nitrogens with zero attached hydrogens (tertiary/aromatic N) is 3. The highest BCUT2D eigenvalue weighted by molar-refractivity contribution is 5.59. The molecule has 0 saturated carbocycles. The number of hydrogen-bond donors (Lipinski definition) is 2. The van der Waals surface area contributed by atoms with Gasteiger partial charge in [0.1, 0.15) is 0 Å². The molecular formula is C15H19N5O. The molecule has 2 aliphatic heterocycles. The third-order valence-corrected chi connectivity index (χ3v) is 4.21. The number of aromatic nitrogens is 3. The lowest BCUT2D eigenvalue weighted by Crippen LogP contribution is -2.43. The van der Waals surface area contributed by atoms with Crippen LogP contribution in [-0.4, -0.2) is 34.3 Å². The zero-order valence-electron chi connectivity index (χ0n) is 11.9. The monoisotopic (exact) mass is 285 g/mol. The fraction of sp³-hybridized carbons (Fsp3) is 0.467. The van der Waals surface area contributed by atoms with Gasteiger partial charge in [-0.25, -0.2) is 0 Å². The first-order chi connectivity index (χ1) is 10.3. The van der Waals surface area contributed by atoms with Crippen LogP contribution in [0.1, 0.15) is 24.0 Å². The van der Waals surface area contributed by atoms with Crippen LogP contribution in [0.2, 0.25) is 0 Å². The second-order valence-electron chi connectivity index (χ2n) is 5.81.